The summed E-state index contributed by atoms with van der Waals surface area (Å²) < 4.78 is 27.0. The number of nitrogens with zero attached hydrogens (tertiary/aromatic N) is 2. The van der Waals surface area contributed by atoms with Gasteiger partial charge in [-0.1, -0.05) is 32.9 Å². The van der Waals surface area contributed by atoms with Crippen molar-refractivity contribution in [3.63, 3.8) is 0 Å². The molecule has 1 heterocycles. The van der Waals surface area contributed by atoms with Gasteiger partial charge in [0.05, 0.1) is 11.4 Å². The fraction of sp³-hybridized carbons (Fsp3) is 0.375. The molecule has 0 bridgehead atoms. The standard InChI is InChI=1S/C16H21N3O2S/c1-12-9-17-15(18-10-12)11-19-22(20,21)14-7-5-13(6-8-14)16(2,3)4/h5-10,19H,11H2,1-4H3. The van der Waals surface area contributed by atoms with Crippen LogP contribution in [0.1, 0.15) is 37.7 Å². The fourth-order valence-corrected chi connectivity index (χ4v) is 2.87. The van der Waals surface area contributed by atoms with Crippen LogP contribution in [-0.2, 0) is 22.0 Å². The third kappa shape index (κ3) is 4.11. The van der Waals surface area contributed by atoms with Gasteiger partial charge in [0.2, 0.25) is 10.0 Å². The van der Waals surface area contributed by atoms with Crippen molar-refractivity contribution in [2.75, 3.05) is 0 Å². The highest BCUT2D eigenvalue weighted by molar-refractivity contribution is 7.89. The van der Waals surface area contributed by atoms with E-state index < -0.39 is 10.0 Å². The van der Waals surface area contributed by atoms with E-state index in [9.17, 15) is 8.42 Å². The summed E-state index contributed by atoms with van der Waals surface area (Å²) in [5.74, 6) is 0.445. The van der Waals surface area contributed by atoms with Gasteiger partial charge in [-0.25, -0.2) is 23.1 Å². The average Bonchev–Trinajstić information content (AvgIpc) is 2.46. The molecule has 1 N–H and O–H groups in total. The molecule has 1 aromatic carbocycles. The van der Waals surface area contributed by atoms with Crippen LogP contribution in [0.5, 0.6) is 0 Å². The number of aryl methyl sites for hydroxylation is 1. The molecule has 0 unspecified atom stereocenters. The molecule has 0 aliphatic heterocycles. The first-order valence-corrected chi connectivity index (χ1v) is 8.54. The van der Waals surface area contributed by atoms with Gasteiger partial charge in [-0.15, -0.1) is 0 Å². The molecular formula is C16H21N3O2S. The summed E-state index contributed by atoms with van der Waals surface area (Å²) in [6.45, 7) is 8.21. The second-order valence-electron chi connectivity index (χ2n) is 6.28. The minimum absolute atomic E-state index is 0.00847. The maximum atomic E-state index is 12.3. The van der Waals surface area contributed by atoms with E-state index in [0.29, 0.717) is 5.82 Å². The van der Waals surface area contributed by atoms with Crippen LogP contribution in [0.2, 0.25) is 0 Å². The normalized spacial score (nSPS) is 12.4. The van der Waals surface area contributed by atoms with Crippen LogP contribution < -0.4 is 4.72 Å². The lowest BCUT2D eigenvalue weighted by atomic mass is 9.87. The Morgan fingerprint density at radius 3 is 2.09 bits per heavy atom. The molecule has 1 aromatic heterocycles. The first kappa shape index (κ1) is 16.6. The number of hydrogen-bond donors (Lipinski definition) is 1. The lowest BCUT2D eigenvalue weighted by molar-refractivity contribution is 0.576. The summed E-state index contributed by atoms with van der Waals surface area (Å²) in [7, 11) is -3.56. The predicted octanol–water partition coefficient (Wildman–Crippen LogP) is 2.56. The molecule has 0 atom stereocenters. The van der Waals surface area contributed by atoms with Crippen LogP contribution in [0.4, 0.5) is 0 Å². The van der Waals surface area contributed by atoms with Crippen LogP contribution in [0, 0.1) is 6.92 Å². The van der Waals surface area contributed by atoms with E-state index in [4.69, 9.17) is 0 Å². The Balaban J connectivity index is 2.11. The third-order valence-corrected chi connectivity index (χ3v) is 4.70. The number of benzene rings is 1. The highest BCUT2D eigenvalue weighted by Gasteiger charge is 2.17. The topological polar surface area (TPSA) is 72.0 Å². The Kier molecular flexibility index (Phi) is 4.63. The number of nitrogens with one attached hydrogen (secondary N) is 1. The van der Waals surface area contributed by atoms with Crippen LogP contribution in [-0.4, -0.2) is 18.4 Å². The Labute approximate surface area is 131 Å². The molecule has 0 saturated carbocycles. The van der Waals surface area contributed by atoms with Crippen molar-refractivity contribution in [1.82, 2.24) is 14.7 Å². The van der Waals surface area contributed by atoms with E-state index in [1.165, 1.54) is 0 Å². The largest absolute Gasteiger partial charge is 0.240 e. The van der Waals surface area contributed by atoms with Crippen molar-refractivity contribution in [3.05, 3.63) is 53.6 Å². The molecular weight excluding hydrogens is 298 g/mol. The van der Waals surface area contributed by atoms with Gasteiger partial charge in [0, 0.05) is 12.4 Å². The molecule has 0 radical (unpaired) electrons. The zero-order valence-electron chi connectivity index (χ0n) is 13.3. The minimum Gasteiger partial charge on any atom is -0.240 e. The minimum atomic E-state index is -3.56. The number of aromatic nitrogens is 2. The summed E-state index contributed by atoms with van der Waals surface area (Å²) in [6, 6.07) is 6.94. The molecule has 22 heavy (non-hydrogen) atoms. The smallest absolute Gasteiger partial charge is 0.240 e. The number of rotatable bonds is 4. The van der Waals surface area contributed by atoms with Crippen molar-refractivity contribution >= 4 is 10.0 Å². The van der Waals surface area contributed by atoms with Crippen LogP contribution in [0.15, 0.2) is 41.6 Å². The van der Waals surface area contributed by atoms with Crippen molar-refractivity contribution < 1.29 is 8.42 Å². The van der Waals surface area contributed by atoms with E-state index >= 15 is 0 Å². The molecule has 0 spiro atoms. The molecule has 2 aromatic rings. The first-order valence-electron chi connectivity index (χ1n) is 7.06. The summed E-state index contributed by atoms with van der Waals surface area (Å²) in [5.41, 5.74) is 2.02. The molecule has 0 aliphatic carbocycles. The van der Waals surface area contributed by atoms with Crippen molar-refractivity contribution in [1.29, 1.82) is 0 Å². The highest BCUT2D eigenvalue weighted by Crippen LogP contribution is 2.23. The maximum absolute atomic E-state index is 12.3. The van der Waals surface area contributed by atoms with Gasteiger partial charge in [-0.3, -0.25) is 0 Å². The monoisotopic (exact) mass is 319 g/mol. The van der Waals surface area contributed by atoms with Crippen molar-refractivity contribution in [3.8, 4) is 0 Å². The Morgan fingerprint density at radius 2 is 1.59 bits per heavy atom. The second-order valence-corrected chi connectivity index (χ2v) is 8.04. The van der Waals surface area contributed by atoms with Gasteiger partial charge in [0.1, 0.15) is 5.82 Å². The highest BCUT2D eigenvalue weighted by atomic mass is 32.2. The zero-order chi connectivity index (χ0) is 16.4. The molecule has 5 nitrogen and oxygen atoms in total. The molecule has 0 saturated heterocycles. The van der Waals surface area contributed by atoms with Crippen molar-refractivity contribution in [2.24, 2.45) is 0 Å². The third-order valence-electron chi connectivity index (χ3n) is 3.29. The summed E-state index contributed by atoms with van der Waals surface area (Å²) in [6.07, 6.45) is 3.32. The van der Waals surface area contributed by atoms with E-state index in [1.807, 2.05) is 19.1 Å². The van der Waals surface area contributed by atoms with Gasteiger partial charge in [-0.05, 0) is 35.6 Å². The molecule has 118 valence electrons. The molecule has 6 heteroatoms. The van der Waals surface area contributed by atoms with Gasteiger partial charge in [-0.2, -0.15) is 0 Å². The molecule has 0 amide bonds. The van der Waals surface area contributed by atoms with Gasteiger partial charge >= 0.3 is 0 Å². The number of sulfonamides is 1. The first-order chi connectivity index (χ1) is 10.2. The zero-order valence-corrected chi connectivity index (χ0v) is 14.1. The maximum Gasteiger partial charge on any atom is 0.240 e. The van der Waals surface area contributed by atoms with E-state index in [1.54, 1.807) is 24.5 Å². The lowest BCUT2D eigenvalue weighted by Crippen LogP contribution is -2.24. The summed E-state index contributed by atoms with van der Waals surface area (Å²) >= 11 is 0. The molecule has 2 rings (SSSR count). The van der Waals surface area contributed by atoms with Gasteiger partial charge in [0.15, 0.2) is 0 Å². The van der Waals surface area contributed by atoms with Crippen LogP contribution >= 0.6 is 0 Å². The van der Waals surface area contributed by atoms with Gasteiger partial charge < -0.3 is 0 Å². The Hall–Kier alpha value is -1.79. The van der Waals surface area contributed by atoms with E-state index in [0.717, 1.165) is 11.1 Å². The Morgan fingerprint density at radius 1 is 1.05 bits per heavy atom. The summed E-state index contributed by atoms with van der Waals surface area (Å²) in [5, 5.41) is 0. The van der Waals surface area contributed by atoms with Crippen LogP contribution in [0.3, 0.4) is 0 Å². The number of hydrogen-bond acceptors (Lipinski definition) is 4. The van der Waals surface area contributed by atoms with E-state index in [2.05, 4.69) is 35.5 Å². The fourth-order valence-electron chi connectivity index (χ4n) is 1.89. The summed E-state index contributed by atoms with van der Waals surface area (Å²) in [4.78, 5) is 8.41. The molecule has 0 fully saturated rings. The van der Waals surface area contributed by atoms with Gasteiger partial charge in [0.25, 0.3) is 0 Å². The SMILES string of the molecule is Cc1cnc(CNS(=O)(=O)c2ccc(C(C)(C)C)cc2)nc1. The van der Waals surface area contributed by atoms with Crippen LogP contribution in [0.25, 0.3) is 0 Å². The quantitative estimate of drug-likeness (QED) is 0.940. The predicted molar refractivity (Wildman–Crippen MR) is 85.9 cm³/mol. The van der Waals surface area contributed by atoms with E-state index in [-0.39, 0.29) is 16.9 Å². The average molecular weight is 319 g/mol. The second kappa shape index (κ2) is 6.14. The lowest BCUT2D eigenvalue weighted by Gasteiger charge is -2.19. The Bertz CT molecular complexity index is 730. The van der Waals surface area contributed by atoms with Crippen molar-refractivity contribution in [2.45, 2.75) is 44.6 Å². The molecule has 0 aliphatic rings.